The first kappa shape index (κ1) is 24.7. The molecular weight excluding hydrogens is 506 g/mol. The quantitative estimate of drug-likeness (QED) is 0.223. The third kappa shape index (κ3) is 4.89. The molecule has 4 rings (SSSR count). The van der Waals surface area contributed by atoms with Crippen LogP contribution in [0.25, 0.3) is 5.76 Å². The smallest absolute Gasteiger partial charge is 0.300 e. The van der Waals surface area contributed by atoms with Crippen LogP contribution < -0.4 is 9.64 Å². The molecular formula is C29H28BrNO4. The van der Waals surface area contributed by atoms with Gasteiger partial charge in [0.25, 0.3) is 11.7 Å². The third-order valence-electron chi connectivity index (χ3n) is 6.08. The van der Waals surface area contributed by atoms with Gasteiger partial charge in [0.2, 0.25) is 0 Å². The van der Waals surface area contributed by atoms with Crippen molar-refractivity contribution in [2.24, 2.45) is 0 Å². The first-order valence-corrected chi connectivity index (χ1v) is 12.3. The normalized spacial score (nSPS) is 17.6. The molecule has 1 heterocycles. The van der Waals surface area contributed by atoms with Crippen LogP contribution in [0, 0.1) is 0 Å². The van der Waals surface area contributed by atoms with Gasteiger partial charge in [-0.3, -0.25) is 14.5 Å². The standard InChI is InChI=1S/C29H28BrNO4/c1-5-35-23-16-14-22(15-17-23)31-25(18-6-10-20(11-7-18)29(2,3)4)24(27(33)28(31)34)26(32)19-8-12-21(30)13-9-19/h6-17,25,32H,5H2,1-4H3/b26-24-. The number of carbonyl (C=O) groups is 2. The van der Waals surface area contributed by atoms with Gasteiger partial charge in [0.15, 0.2) is 0 Å². The lowest BCUT2D eigenvalue weighted by Crippen LogP contribution is -2.29. The average molecular weight is 534 g/mol. The molecule has 0 saturated carbocycles. The molecule has 1 amide bonds. The summed E-state index contributed by atoms with van der Waals surface area (Å²) in [5.74, 6) is -0.926. The van der Waals surface area contributed by atoms with Gasteiger partial charge in [-0.05, 0) is 59.9 Å². The molecule has 3 aromatic carbocycles. The summed E-state index contributed by atoms with van der Waals surface area (Å²) >= 11 is 3.39. The van der Waals surface area contributed by atoms with Gasteiger partial charge in [-0.2, -0.15) is 0 Å². The minimum absolute atomic E-state index is 0.0487. The number of halogens is 1. The van der Waals surface area contributed by atoms with Crippen LogP contribution in [0.5, 0.6) is 5.75 Å². The fourth-order valence-electron chi connectivity index (χ4n) is 4.21. The molecule has 1 aliphatic heterocycles. The molecule has 0 bridgehead atoms. The molecule has 5 nitrogen and oxygen atoms in total. The van der Waals surface area contributed by atoms with E-state index in [1.807, 2.05) is 31.2 Å². The van der Waals surface area contributed by atoms with Crippen molar-refractivity contribution in [3.63, 3.8) is 0 Å². The maximum atomic E-state index is 13.3. The van der Waals surface area contributed by atoms with Crippen LogP contribution in [0.2, 0.25) is 0 Å². The van der Waals surface area contributed by atoms with Crippen molar-refractivity contribution in [2.75, 3.05) is 11.5 Å². The molecule has 1 aliphatic rings. The van der Waals surface area contributed by atoms with E-state index in [1.54, 1.807) is 48.5 Å². The SMILES string of the molecule is CCOc1ccc(N2C(=O)C(=O)/C(=C(\O)c3ccc(Br)cc3)C2c2ccc(C(C)(C)C)cc2)cc1. The largest absolute Gasteiger partial charge is 0.507 e. The molecule has 0 aliphatic carbocycles. The lowest BCUT2D eigenvalue weighted by atomic mass is 9.85. The van der Waals surface area contributed by atoms with Crippen LogP contribution >= 0.6 is 15.9 Å². The Labute approximate surface area is 214 Å². The van der Waals surface area contributed by atoms with Crippen molar-refractivity contribution in [1.82, 2.24) is 0 Å². The topological polar surface area (TPSA) is 66.8 Å². The van der Waals surface area contributed by atoms with E-state index < -0.39 is 17.7 Å². The first-order valence-electron chi connectivity index (χ1n) is 11.5. The first-order chi connectivity index (χ1) is 16.6. The van der Waals surface area contributed by atoms with E-state index in [2.05, 4.69) is 36.7 Å². The van der Waals surface area contributed by atoms with Gasteiger partial charge in [0, 0.05) is 15.7 Å². The lowest BCUT2D eigenvalue weighted by molar-refractivity contribution is -0.132. The minimum Gasteiger partial charge on any atom is -0.507 e. The number of nitrogens with zero attached hydrogens (tertiary/aromatic N) is 1. The Bertz CT molecular complexity index is 1270. The summed E-state index contributed by atoms with van der Waals surface area (Å²) in [6.07, 6.45) is 0. The van der Waals surface area contributed by atoms with Crippen LogP contribution in [0.15, 0.2) is 82.8 Å². The summed E-state index contributed by atoms with van der Waals surface area (Å²) in [5, 5.41) is 11.2. The second kappa shape index (κ2) is 9.70. The molecule has 180 valence electrons. The number of hydrogen-bond acceptors (Lipinski definition) is 4. The monoisotopic (exact) mass is 533 g/mol. The molecule has 6 heteroatoms. The predicted octanol–water partition coefficient (Wildman–Crippen LogP) is 6.77. The molecule has 1 fully saturated rings. The van der Waals surface area contributed by atoms with Crippen molar-refractivity contribution in [2.45, 2.75) is 39.2 Å². The maximum Gasteiger partial charge on any atom is 0.300 e. The number of anilines is 1. The third-order valence-corrected chi connectivity index (χ3v) is 6.61. The van der Waals surface area contributed by atoms with E-state index in [4.69, 9.17) is 4.74 Å². The van der Waals surface area contributed by atoms with E-state index in [0.717, 1.165) is 15.6 Å². The number of amides is 1. The number of ketones is 1. The molecule has 1 saturated heterocycles. The highest BCUT2D eigenvalue weighted by Crippen LogP contribution is 2.43. The maximum absolute atomic E-state index is 13.3. The molecule has 1 unspecified atom stereocenters. The second-order valence-electron chi connectivity index (χ2n) is 9.47. The number of carbonyl (C=O) groups excluding carboxylic acids is 2. The number of Topliss-reactive ketones (excluding diaryl/α,β-unsaturated/α-hetero) is 1. The van der Waals surface area contributed by atoms with Gasteiger partial charge in [0.1, 0.15) is 11.5 Å². The van der Waals surface area contributed by atoms with E-state index in [1.165, 1.54) is 4.90 Å². The summed E-state index contributed by atoms with van der Waals surface area (Å²) < 4.78 is 6.38. The number of hydrogen-bond donors (Lipinski definition) is 1. The van der Waals surface area contributed by atoms with Gasteiger partial charge in [-0.15, -0.1) is 0 Å². The number of ether oxygens (including phenoxy) is 1. The molecule has 1 atom stereocenters. The van der Waals surface area contributed by atoms with E-state index >= 15 is 0 Å². The van der Waals surface area contributed by atoms with Crippen molar-refractivity contribution < 1.29 is 19.4 Å². The summed E-state index contributed by atoms with van der Waals surface area (Å²) in [6.45, 7) is 8.80. The number of rotatable bonds is 5. The fraction of sp³-hybridized carbons (Fsp3) is 0.241. The summed E-state index contributed by atoms with van der Waals surface area (Å²) in [7, 11) is 0. The Morgan fingerprint density at radius 3 is 2.09 bits per heavy atom. The number of benzene rings is 3. The molecule has 35 heavy (non-hydrogen) atoms. The Balaban J connectivity index is 1.88. The zero-order valence-corrected chi connectivity index (χ0v) is 21.8. The summed E-state index contributed by atoms with van der Waals surface area (Å²) in [4.78, 5) is 28.1. The van der Waals surface area contributed by atoms with Crippen LogP contribution in [0.4, 0.5) is 5.69 Å². The van der Waals surface area contributed by atoms with Crippen molar-refractivity contribution >= 4 is 39.1 Å². The highest BCUT2D eigenvalue weighted by molar-refractivity contribution is 9.10. The molecule has 0 radical (unpaired) electrons. The van der Waals surface area contributed by atoms with Gasteiger partial charge in [0.05, 0.1) is 18.2 Å². The van der Waals surface area contributed by atoms with Gasteiger partial charge < -0.3 is 9.84 Å². The molecule has 0 aromatic heterocycles. The highest BCUT2D eigenvalue weighted by Gasteiger charge is 2.47. The minimum atomic E-state index is -0.773. The van der Waals surface area contributed by atoms with Gasteiger partial charge >= 0.3 is 0 Å². The molecule has 3 aromatic rings. The van der Waals surface area contributed by atoms with Gasteiger partial charge in [-0.25, -0.2) is 0 Å². The van der Waals surface area contributed by atoms with Crippen LogP contribution in [-0.2, 0) is 15.0 Å². The van der Waals surface area contributed by atoms with Crippen molar-refractivity contribution in [3.05, 3.63) is 99.5 Å². The fourth-order valence-corrected chi connectivity index (χ4v) is 4.48. The molecule has 1 N–H and O–H groups in total. The predicted molar refractivity (Wildman–Crippen MR) is 142 cm³/mol. The highest BCUT2D eigenvalue weighted by atomic mass is 79.9. The van der Waals surface area contributed by atoms with E-state index in [0.29, 0.717) is 23.6 Å². The van der Waals surface area contributed by atoms with Crippen molar-refractivity contribution in [1.29, 1.82) is 0 Å². The zero-order chi connectivity index (χ0) is 25.3. The second-order valence-corrected chi connectivity index (χ2v) is 10.4. The summed E-state index contributed by atoms with van der Waals surface area (Å²) in [6, 6.07) is 21.1. The summed E-state index contributed by atoms with van der Waals surface area (Å²) in [5.41, 5.74) is 2.91. The van der Waals surface area contributed by atoms with Crippen molar-refractivity contribution in [3.8, 4) is 5.75 Å². The Morgan fingerprint density at radius 2 is 1.54 bits per heavy atom. The Hall–Kier alpha value is -3.38. The van der Waals surface area contributed by atoms with Gasteiger partial charge in [-0.1, -0.05) is 73.1 Å². The average Bonchev–Trinajstić information content (AvgIpc) is 3.10. The number of aliphatic hydroxyl groups is 1. The number of aliphatic hydroxyl groups excluding tert-OH is 1. The van der Waals surface area contributed by atoms with E-state index in [-0.39, 0.29) is 16.7 Å². The zero-order valence-electron chi connectivity index (χ0n) is 20.2. The van der Waals surface area contributed by atoms with Crippen LogP contribution in [0.1, 0.15) is 50.4 Å². The molecule has 0 spiro atoms. The van der Waals surface area contributed by atoms with Crippen LogP contribution in [-0.4, -0.2) is 23.4 Å². The van der Waals surface area contributed by atoms with E-state index in [9.17, 15) is 14.7 Å². The lowest BCUT2D eigenvalue weighted by Gasteiger charge is -2.26. The Kier molecular flexibility index (Phi) is 6.86. The Morgan fingerprint density at radius 1 is 0.943 bits per heavy atom. The van der Waals surface area contributed by atoms with Crippen LogP contribution in [0.3, 0.4) is 0 Å².